The maximum atomic E-state index is 5.54. The first kappa shape index (κ1) is 18.8. The van der Waals surface area contributed by atoms with Crippen molar-refractivity contribution in [3.8, 4) is 5.88 Å². The Morgan fingerprint density at radius 2 is 2.16 bits per heavy atom. The van der Waals surface area contributed by atoms with Gasteiger partial charge in [-0.1, -0.05) is 25.1 Å². The molecule has 25 heavy (non-hydrogen) atoms. The second kappa shape index (κ2) is 9.66. The number of hydrogen-bond acceptors (Lipinski definition) is 5. The minimum absolute atomic E-state index is 0.349. The van der Waals surface area contributed by atoms with E-state index in [1.54, 1.807) is 6.20 Å². The summed E-state index contributed by atoms with van der Waals surface area (Å²) < 4.78 is 10.9. The number of nitrogens with one attached hydrogen (secondary N) is 2. The van der Waals surface area contributed by atoms with Crippen LogP contribution in [0.25, 0.3) is 0 Å². The van der Waals surface area contributed by atoms with Gasteiger partial charge in [0.1, 0.15) is 0 Å². The lowest BCUT2D eigenvalue weighted by Crippen LogP contribution is -2.36. The maximum Gasteiger partial charge on any atom is 0.218 e. The average Bonchev–Trinajstić information content (AvgIpc) is 3.08. The van der Waals surface area contributed by atoms with Gasteiger partial charge < -0.3 is 19.9 Å². The second-order valence-electron chi connectivity index (χ2n) is 5.82. The van der Waals surface area contributed by atoms with Crippen LogP contribution in [0.4, 0.5) is 0 Å². The summed E-state index contributed by atoms with van der Waals surface area (Å²) in [6.45, 7) is 10.5. The molecule has 0 fully saturated rings. The number of ether oxygens (including phenoxy) is 1. The molecule has 136 valence electrons. The molecule has 2 aromatic heterocycles. The predicted octanol–water partition coefficient (Wildman–Crippen LogP) is 2.85. The van der Waals surface area contributed by atoms with Crippen LogP contribution in [0.5, 0.6) is 5.88 Å². The Labute approximate surface area is 148 Å². The zero-order valence-electron chi connectivity index (χ0n) is 15.4. The molecule has 0 saturated heterocycles. The van der Waals surface area contributed by atoms with Crippen molar-refractivity contribution in [1.29, 1.82) is 0 Å². The molecule has 0 saturated carbocycles. The zero-order valence-corrected chi connectivity index (χ0v) is 15.4. The molecule has 0 atom stereocenters. The van der Waals surface area contributed by atoms with Crippen LogP contribution in [-0.4, -0.2) is 29.3 Å². The average molecular weight is 345 g/mol. The van der Waals surface area contributed by atoms with Gasteiger partial charge in [-0.3, -0.25) is 0 Å². The van der Waals surface area contributed by atoms with Crippen molar-refractivity contribution in [2.75, 3.05) is 13.2 Å². The maximum absolute atomic E-state index is 5.54. The van der Waals surface area contributed by atoms with Crippen molar-refractivity contribution in [1.82, 2.24) is 20.8 Å². The van der Waals surface area contributed by atoms with E-state index in [0.29, 0.717) is 37.5 Å². The fraction of sp³-hybridized carbons (Fsp3) is 0.500. The van der Waals surface area contributed by atoms with E-state index in [1.807, 2.05) is 32.0 Å². The summed E-state index contributed by atoms with van der Waals surface area (Å²) in [6.07, 6.45) is 1.72. The smallest absolute Gasteiger partial charge is 0.218 e. The predicted molar refractivity (Wildman–Crippen MR) is 97.7 cm³/mol. The van der Waals surface area contributed by atoms with E-state index in [9.17, 15) is 0 Å². The number of aliphatic imine (C=N–C) groups is 1. The lowest BCUT2D eigenvalue weighted by molar-refractivity contribution is 0.323. The van der Waals surface area contributed by atoms with E-state index >= 15 is 0 Å². The Morgan fingerprint density at radius 3 is 2.84 bits per heavy atom. The first-order valence-electron chi connectivity index (χ1n) is 8.68. The minimum atomic E-state index is 0.349. The molecule has 2 heterocycles. The van der Waals surface area contributed by atoms with Crippen LogP contribution in [0.1, 0.15) is 50.6 Å². The number of nitrogens with zero attached hydrogens (tertiary/aromatic N) is 3. The zero-order chi connectivity index (χ0) is 18.1. The van der Waals surface area contributed by atoms with Crippen LogP contribution in [0.2, 0.25) is 0 Å². The monoisotopic (exact) mass is 345 g/mol. The Morgan fingerprint density at radius 1 is 1.32 bits per heavy atom. The van der Waals surface area contributed by atoms with Gasteiger partial charge in [0.2, 0.25) is 5.88 Å². The first-order valence-corrected chi connectivity index (χ1v) is 8.68. The van der Waals surface area contributed by atoms with Crippen LogP contribution in [-0.2, 0) is 13.1 Å². The minimum Gasteiger partial charge on any atom is -0.478 e. The number of rotatable bonds is 8. The fourth-order valence-corrected chi connectivity index (χ4v) is 2.17. The Bertz CT molecular complexity index is 682. The quantitative estimate of drug-likeness (QED) is 0.565. The summed E-state index contributed by atoms with van der Waals surface area (Å²) in [5.41, 5.74) is 1.90. The third-order valence-electron chi connectivity index (χ3n) is 3.48. The van der Waals surface area contributed by atoms with Crippen molar-refractivity contribution in [3.63, 3.8) is 0 Å². The molecule has 0 bridgehead atoms. The van der Waals surface area contributed by atoms with Gasteiger partial charge in [-0.2, -0.15) is 0 Å². The lowest BCUT2D eigenvalue weighted by atomic mass is 10.1. The molecule has 0 aliphatic rings. The summed E-state index contributed by atoms with van der Waals surface area (Å²) in [4.78, 5) is 8.85. The topological polar surface area (TPSA) is 84.6 Å². The van der Waals surface area contributed by atoms with Crippen LogP contribution >= 0.6 is 0 Å². The van der Waals surface area contributed by atoms with Crippen LogP contribution < -0.4 is 15.4 Å². The lowest BCUT2D eigenvalue weighted by Gasteiger charge is -2.11. The van der Waals surface area contributed by atoms with Gasteiger partial charge in [0.05, 0.1) is 25.4 Å². The van der Waals surface area contributed by atoms with Gasteiger partial charge in [-0.05, 0) is 25.8 Å². The molecule has 2 N–H and O–H groups in total. The Balaban J connectivity index is 2.00. The van der Waals surface area contributed by atoms with Crippen molar-refractivity contribution >= 4 is 5.96 Å². The summed E-state index contributed by atoms with van der Waals surface area (Å²) in [5, 5.41) is 10.5. The molecule has 0 aromatic carbocycles. The fourth-order valence-electron chi connectivity index (χ4n) is 2.17. The van der Waals surface area contributed by atoms with Crippen LogP contribution in [0.3, 0.4) is 0 Å². The van der Waals surface area contributed by atoms with Crippen molar-refractivity contribution in [2.45, 2.75) is 46.7 Å². The molecule has 0 unspecified atom stereocenters. The number of aromatic nitrogens is 2. The molecule has 7 nitrogen and oxygen atoms in total. The third-order valence-corrected chi connectivity index (χ3v) is 3.48. The molecular formula is C18H27N5O2. The summed E-state index contributed by atoms with van der Waals surface area (Å²) >= 11 is 0. The molecule has 0 amide bonds. The van der Waals surface area contributed by atoms with E-state index in [2.05, 4.69) is 39.6 Å². The van der Waals surface area contributed by atoms with E-state index < -0.39 is 0 Å². The summed E-state index contributed by atoms with van der Waals surface area (Å²) in [6, 6.07) is 5.82. The van der Waals surface area contributed by atoms with Gasteiger partial charge in [0, 0.05) is 24.4 Å². The second-order valence-corrected chi connectivity index (χ2v) is 5.82. The highest BCUT2D eigenvalue weighted by Gasteiger charge is 2.09. The standard InChI is InChI=1S/C18H27N5O2/c1-5-19-18(22-12-15-10-16(13(3)4)23-25-15)21-11-14-8-7-9-20-17(14)24-6-2/h7-10,13H,5-6,11-12H2,1-4H3,(H2,19,21,22). The number of pyridine rings is 1. The molecule has 7 heteroatoms. The highest BCUT2D eigenvalue weighted by atomic mass is 16.5. The van der Waals surface area contributed by atoms with Crippen molar-refractivity contribution in [3.05, 3.63) is 41.4 Å². The van der Waals surface area contributed by atoms with Gasteiger partial charge >= 0.3 is 0 Å². The summed E-state index contributed by atoms with van der Waals surface area (Å²) in [5.74, 6) is 2.46. The summed E-state index contributed by atoms with van der Waals surface area (Å²) in [7, 11) is 0. The van der Waals surface area contributed by atoms with Crippen LogP contribution in [0, 0.1) is 0 Å². The SMILES string of the molecule is CCNC(=NCc1cccnc1OCC)NCc1cc(C(C)C)no1. The van der Waals surface area contributed by atoms with Crippen LogP contribution in [0.15, 0.2) is 33.9 Å². The number of hydrogen-bond donors (Lipinski definition) is 2. The molecule has 0 aliphatic heterocycles. The molecule has 0 radical (unpaired) electrons. The van der Waals surface area contributed by atoms with Gasteiger partial charge in [0.25, 0.3) is 0 Å². The van der Waals surface area contributed by atoms with E-state index in [-0.39, 0.29) is 0 Å². The highest BCUT2D eigenvalue weighted by Crippen LogP contribution is 2.15. The molecule has 0 spiro atoms. The molecular weight excluding hydrogens is 318 g/mol. The van der Waals surface area contributed by atoms with Gasteiger partial charge in [0.15, 0.2) is 11.7 Å². The normalized spacial score (nSPS) is 11.6. The molecule has 0 aliphatic carbocycles. The van der Waals surface area contributed by atoms with E-state index in [1.165, 1.54) is 0 Å². The molecule has 2 aromatic rings. The Hall–Kier alpha value is -2.57. The molecule has 2 rings (SSSR count). The van der Waals surface area contributed by atoms with E-state index in [0.717, 1.165) is 23.6 Å². The first-order chi connectivity index (χ1) is 12.1. The number of guanidine groups is 1. The van der Waals surface area contributed by atoms with E-state index in [4.69, 9.17) is 9.26 Å². The van der Waals surface area contributed by atoms with Gasteiger partial charge in [-0.15, -0.1) is 0 Å². The Kier molecular flexibility index (Phi) is 7.25. The van der Waals surface area contributed by atoms with Crippen molar-refractivity contribution < 1.29 is 9.26 Å². The third kappa shape index (κ3) is 5.77. The highest BCUT2D eigenvalue weighted by molar-refractivity contribution is 5.79. The van der Waals surface area contributed by atoms with Gasteiger partial charge in [-0.25, -0.2) is 9.98 Å². The largest absolute Gasteiger partial charge is 0.478 e. The van der Waals surface area contributed by atoms with Crippen molar-refractivity contribution in [2.24, 2.45) is 4.99 Å².